The molecule has 0 aliphatic carbocycles. The first-order valence-corrected chi connectivity index (χ1v) is 10.6. The van der Waals surface area contributed by atoms with Gasteiger partial charge in [0.15, 0.2) is 0 Å². The maximum absolute atomic E-state index is 13.9. The summed E-state index contributed by atoms with van der Waals surface area (Å²) in [7, 11) is 1.56. The quantitative estimate of drug-likeness (QED) is 0.431. The average Bonchev–Trinajstić information content (AvgIpc) is 2.78. The molecule has 0 saturated carbocycles. The number of halogens is 3. The van der Waals surface area contributed by atoms with Gasteiger partial charge in [-0.1, -0.05) is 62.4 Å². The summed E-state index contributed by atoms with van der Waals surface area (Å²) < 4.78 is 47.1. The topological polar surface area (TPSA) is 47.3 Å². The summed E-state index contributed by atoms with van der Waals surface area (Å²) in [6, 6.07) is 19.6. The molecule has 170 valence electrons. The molecule has 0 saturated heterocycles. The highest BCUT2D eigenvalue weighted by atomic mass is 19.4. The molecule has 1 atom stereocenters. The Morgan fingerprint density at radius 2 is 1.59 bits per heavy atom. The van der Waals surface area contributed by atoms with Crippen LogP contribution in [0.1, 0.15) is 48.1 Å². The van der Waals surface area contributed by atoms with E-state index in [9.17, 15) is 13.2 Å². The van der Waals surface area contributed by atoms with Crippen LogP contribution in [-0.4, -0.2) is 13.7 Å². The molecule has 0 aliphatic heterocycles. The molecule has 3 aromatic carbocycles. The Morgan fingerprint density at radius 3 is 2.22 bits per heavy atom. The maximum Gasteiger partial charge on any atom is 0.416 e. The lowest BCUT2D eigenvalue weighted by Crippen LogP contribution is -2.27. The van der Waals surface area contributed by atoms with Crippen LogP contribution in [0.3, 0.4) is 0 Å². The van der Waals surface area contributed by atoms with Crippen LogP contribution in [0, 0.1) is 0 Å². The summed E-state index contributed by atoms with van der Waals surface area (Å²) in [5, 5.41) is 3.24. The Balaban J connectivity index is 2.00. The molecule has 3 aromatic rings. The Labute approximate surface area is 187 Å². The largest absolute Gasteiger partial charge is 0.496 e. The number of para-hydroxylation sites is 1. The van der Waals surface area contributed by atoms with E-state index in [1.165, 1.54) is 6.07 Å². The van der Waals surface area contributed by atoms with Crippen LogP contribution in [0.15, 0.2) is 66.7 Å². The number of nitrogens with one attached hydrogen (secondary N) is 1. The SMILES string of the molecule is COc1ccccc1-c1cc(C(C)C)c(C(F)(F)F)cc1CNC[C@H](N)c1ccccc1. The summed E-state index contributed by atoms with van der Waals surface area (Å²) in [5.41, 5.74) is 8.92. The van der Waals surface area contributed by atoms with E-state index < -0.39 is 11.7 Å². The van der Waals surface area contributed by atoms with Crippen molar-refractivity contribution in [2.75, 3.05) is 13.7 Å². The maximum atomic E-state index is 13.9. The second-order valence-electron chi connectivity index (χ2n) is 8.10. The summed E-state index contributed by atoms with van der Waals surface area (Å²) in [6.45, 7) is 4.22. The second-order valence-corrected chi connectivity index (χ2v) is 8.10. The predicted molar refractivity (Wildman–Crippen MR) is 123 cm³/mol. The van der Waals surface area contributed by atoms with Gasteiger partial charge in [0.05, 0.1) is 12.7 Å². The summed E-state index contributed by atoms with van der Waals surface area (Å²) in [4.78, 5) is 0. The lowest BCUT2D eigenvalue weighted by molar-refractivity contribution is -0.138. The fourth-order valence-corrected chi connectivity index (χ4v) is 3.83. The molecule has 3 nitrogen and oxygen atoms in total. The van der Waals surface area contributed by atoms with Gasteiger partial charge in [-0.25, -0.2) is 0 Å². The van der Waals surface area contributed by atoms with Crippen molar-refractivity contribution in [2.45, 2.75) is 38.5 Å². The van der Waals surface area contributed by atoms with E-state index in [1.54, 1.807) is 27.0 Å². The third kappa shape index (κ3) is 5.50. The van der Waals surface area contributed by atoms with E-state index in [2.05, 4.69) is 5.32 Å². The Morgan fingerprint density at radius 1 is 0.938 bits per heavy atom. The van der Waals surface area contributed by atoms with Crippen LogP contribution in [0.4, 0.5) is 13.2 Å². The number of rotatable bonds is 8. The highest BCUT2D eigenvalue weighted by molar-refractivity contribution is 5.75. The number of hydrogen-bond acceptors (Lipinski definition) is 3. The minimum absolute atomic E-state index is 0.245. The number of ether oxygens (including phenoxy) is 1. The summed E-state index contributed by atoms with van der Waals surface area (Å²) in [6.07, 6.45) is -4.44. The van der Waals surface area contributed by atoms with Gasteiger partial charge in [-0.2, -0.15) is 13.2 Å². The van der Waals surface area contributed by atoms with Gasteiger partial charge in [-0.3, -0.25) is 0 Å². The van der Waals surface area contributed by atoms with Crippen LogP contribution >= 0.6 is 0 Å². The average molecular weight is 443 g/mol. The highest BCUT2D eigenvalue weighted by Gasteiger charge is 2.35. The van der Waals surface area contributed by atoms with Crippen molar-refractivity contribution in [1.82, 2.24) is 5.32 Å². The Bertz CT molecular complexity index is 1030. The molecule has 32 heavy (non-hydrogen) atoms. The van der Waals surface area contributed by atoms with Gasteiger partial charge in [0, 0.05) is 24.7 Å². The predicted octanol–water partition coefficient (Wildman–Crippen LogP) is 6.29. The van der Waals surface area contributed by atoms with E-state index in [1.807, 2.05) is 54.6 Å². The van der Waals surface area contributed by atoms with Crippen LogP contribution in [-0.2, 0) is 12.7 Å². The normalized spacial score (nSPS) is 12.8. The van der Waals surface area contributed by atoms with Crippen LogP contribution in [0.5, 0.6) is 5.75 Å². The number of alkyl halides is 3. The number of hydrogen-bond donors (Lipinski definition) is 2. The molecule has 0 unspecified atom stereocenters. The van der Waals surface area contributed by atoms with E-state index in [-0.39, 0.29) is 24.1 Å². The molecular formula is C26H29F3N2O. The number of methoxy groups -OCH3 is 1. The molecule has 3 rings (SSSR count). The third-order valence-corrected chi connectivity index (χ3v) is 5.51. The van der Waals surface area contributed by atoms with Crippen LogP contribution < -0.4 is 15.8 Å². The van der Waals surface area contributed by atoms with Gasteiger partial charge in [0.1, 0.15) is 5.75 Å². The van der Waals surface area contributed by atoms with Gasteiger partial charge in [-0.15, -0.1) is 0 Å². The molecule has 3 N–H and O–H groups in total. The smallest absolute Gasteiger partial charge is 0.416 e. The van der Waals surface area contributed by atoms with Gasteiger partial charge in [0.2, 0.25) is 0 Å². The molecule has 0 spiro atoms. The fraction of sp³-hybridized carbons (Fsp3) is 0.308. The standard InChI is InChI=1S/C26H29F3N2O/c1-17(2)21-14-22(20-11-7-8-12-25(20)32-3)19(13-23(21)26(27,28)29)15-31-16-24(30)18-9-5-4-6-10-18/h4-14,17,24,31H,15-16,30H2,1-3H3/t24-/m0/s1. The molecule has 0 heterocycles. The van der Waals surface area contributed by atoms with Gasteiger partial charge >= 0.3 is 6.18 Å². The van der Waals surface area contributed by atoms with Gasteiger partial charge < -0.3 is 15.8 Å². The first-order chi connectivity index (χ1) is 15.2. The molecule has 0 radical (unpaired) electrons. The van der Waals surface area contributed by atoms with Crippen molar-refractivity contribution >= 4 is 0 Å². The van der Waals surface area contributed by atoms with Crippen LogP contribution in [0.25, 0.3) is 11.1 Å². The monoisotopic (exact) mass is 442 g/mol. The molecule has 0 bridgehead atoms. The first kappa shape index (κ1) is 23.8. The molecule has 0 amide bonds. The van der Waals surface area contributed by atoms with Gasteiger partial charge in [0.25, 0.3) is 0 Å². The number of nitrogens with two attached hydrogens (primary N) is 1. The van der Waals surface area contributed by atoms with Crippen molar-refractivity contribution in [3.05, 3.63) is 89.0 Å². The van der Waals surface area contributed by atoms with Crippen molar-refractivity contribution in [2.24, 2.45) is 5.73 Å². The molecule has 0 aliphatic rings. The van der Waals surface area contributed by atoms with Gasteiger partial charge in [-0.05, 0) is 46.4 Å². The summed E-state index contributed by atoms with van der Waals surface area (Å²) in [5.74, 6) is 0.331. The molecule has 0 fully saturated rings. The first-order valence-electron chi connectivity index (χ1n) is 10.6. The fourth-order valence-electron chi connectivity index (χ4n) is 3.83. The highest BCUT2D eigenvalue weighted by Crippen LogP contribution is 2.41. The van der Waals surface area contributed by atoms with E-state index in [4.69, 9.17) is 10.5 Å². The lowest BCUT2D eigenvalue weighted by Gasteiger charge is -2.22. The van der Waals surface area contributed by atoms with Crippen molar-refractivity contribution in [1.29, 1.82) is 0 Å². The molecule has 0 aromatic heterocycles. The zero-order chi connectivity index (χ0) is 23.3. The van der Waals surface area contributed by atoms with Crippen molar-refractivity contribution in [3.8, 4) is 16.9 Å². The third-order valence-electron chi connectivity index (χ3n) is 5.51. The zero-order valence-electron chi connectivity index (χ0n) is 18.5. The molecule has 6 heteroatoms. The molecular weight excluding hydrogens is 413 g/mol. The van der Waals surface area contributed by atoms with E-state index in [0.29, 0.717) is 17.9 Å². The minimum atomic E-state index is -4.44. The van der Waals surface area contributed by atoms with Crippen molar-refractivity contribution < 1.29 is 17.9 Å². The minimum Gasteiger partial charge on any atom is -0.496 e. The Kier molecular flexibility index (Phi) is 7.59. The summed E-state index contributed by atoms with van der Waals surface area (Å²) >= 11 is 0. The van der Waals surface area contributed by atoms with E-state index >= 15 is 0 Å². The van der Waals surface area contributed by atoms with E-state index in [0.717, 1.165) is 16.7 Å². The van der Waals surface area contributed by atoms with Crippen molar-refractivity contribution in [3.63, 3.8) is 0 Å². The Hall–Kier alpha value is -2.83. The number of benzene rings is 3. The zero-order valence-corrected chi connectivity index (χ0v) is 18.5. The van der Waals surface area contributed by atoms with Crippen LogP contribution in [0.2, 0.25) is 0 Å². The second kappa shape index (κ2) is 10.2. The lowest BCUT2D eigenvalue weighted by atomic mass is 9.88.